The van der Waals surface area contributed by atoms with Crippen LogP contribution in [0.2, 0.25) is 0 Å². The van der Waals surface area contributed by atoms with Gasteiger partial charge in [-0.1, -0.05) is 23.8 Å². The van der Waals surface area contributed by atoms with Crippen molar-refractivity contribution < 1.29 is 14.3 Å². The van der Waals surface area contributed by atoms with Crippen molar-refractivity contribution in [3.8, 4) is 11.3 Å². The molecule has 0 bridgehead atoms. The van der Waals surface area contributed by atoms with Gasteiger partial charge in [0.15, 0.2) is 0 Å². The van der Waals surface area contributed by atoms with Crippen LogP contribution in [0.5, 0.6) is 0 Å². The van der Waals surface area contributed by atoms with Crippen LogP contribution in [0.25, 0.3) is 22.3 Å². The SMILES string of the molecule is Cc1ccc2oc(-c3cccc(C(=O)O)c3)cc2c1. The van der Waals surface area contributed by atoms with E-state index in [9.17, 15) is 4.79 Å². The Kier molecular flexibility index (Phi) is 2.60. The van der Waals surface area contributed by atoms with Crippen LogP contribution in [0.15, 0.2) is 52.9 Å². The van der Waals surface area contributed by atoms with Crippen molar-refractivity contribution in [2.24, 2.45) is 0 Å². The maximum Gasteiger partial charge on any atom is 0.335 e. The molecule has 94 valence electrons. The number of benzene rings is 2. The summed E-state index contributed by atoms with van der Waals surface area (Å²) in [6.07, 6.45) is 0. The molecule has 3 heteroatoms. The van der Waals surface area contributed by atoms with Crippen LogP contribution in [0, 0.1) is 6.92 Å². The number of aryl methyl sites for hydroxylation is 1. The molecule has 0 atom stereocenters. The number of carbonyl (C=O) groups is 1. The fourth-order valence-electron chi connectivity index (χ4n) is 2.11. The second-order valence-electron chi connectivity index (χ2n) is 4.54. The van der Waals surface area contributed by atoms with Gasteiger partial charge in [-0.2, -0.15) is 0 Å². The smallest absolute Gasteiger partial charge is 0.335 e. The van der Waals surface area contributed by atoms with E-state index in [1.165, 1.54) is 5.56 Å². The lowest BCUT2D eigenvalue weighted by Crippen LogP contribution is -1.95. The van der Waals surface area contributed by atoms with Crippen molar-refractivity contribution in [1.82, 2.24) is 0 Å². The van der Waals surface area contributed by atoms with Crippen LogP contribution in [0.4, 0.5) is 0 Å². The monoisotopic (exact) mass is 252 g/mol. The summed E-state index contributed by atoms with van der Waals surface area (Å²) in [5, 5.41) is 10.0. The van der Waals surface area contributed by atoms with E-state index >= 15 is 0 Å². The average Bonchev–Trinajstić information content (AvgIpc) is 2.81. The van der Waals surface area contributed by atoms with Crippen molar-refractivity contribution in [2.45, 2.75) is 6.92 Å². The first kappa shape index (κ1) is 11.5. The number of hydrogen-bond donors (Lipinski definition) is 1. The standard InChI is InChI=1S/C16H12O3/c1-10-5-6-14-13(7-10)9-15(19-14)11-3-2-4-12(8-11)16(17)18/h2-9H,1H3,(H,17,18). The zero-order valence-electron chi connectivity index (χ0n) is 10.4. The quantitative estimate of drug-likeness (QED) is 0.746. The van der Waals surface area contributed by atoms with E-state index in [0.29, 0.717) is 5.76 Å². The highest BCUT2D eigenvalue weighted by atomic mass is 16.4. The van der Waals surface area contributed by atoms with Gasteiger partial charge in [-0.25, -0.2) is 4.79 Å². The van der Waals surface area contributed by atoms with Gasteiger partial charge in [-0.3, -0.25) is 0 Å². The summed E-state index contributed by atoms with van der Waals surface area (Å²) in [7, 11) is 0. The van der Waals surface area contributed by atoms with E-state index in [0.717, 1.165) is 16.5 Å². The Bertz CT molecular complexity index is 769. The van der Waals surface area contributed by atoms with Crippen LogP contribution < -0.4 is 0 Å². The van der Waals surface area contributed by atoms with Crippen molar-refractivity contribution in [2.75, 3.05) is 0 Å². The van der Waals surface area contributed by atoms with E-state index in [2.05, 4.69) is 0 Å². The first-order valence-corrected chi connectivity index (χ1v) is 5.97. The number of carboxylic acid groups (broad SMARTS) is 1. The zero-order valence-corrected chi connectivity index (χ0v) is 10.4. The largest absolute Gasteiger partial charge is 0.478 e. The minimum atomic E-state index is -0.936. The van der Waals surface area contributed by atoms with Gasteiger partial charge in [0.05, 0.1) is 5.56 Å². The lowest BCUT2D eigenvalue weighted by atomic mass is 10.1. The fourth-order valence-corrected chi connectivity index (χ4v) is 2.11. The molecule has 0 radical (unpaired) electrons. The Morgan fingerprint density at radius 1 is 1.11 bits per heavy atom. The summed E-state index contributed by atoms with van der Waals surface area (Å²) >= 11 is 0. The third kappa shape index (κ3) is 2.10. The normalized spacial score (nSPS) is 10.8. The van der Waals surface area contributed by atoms with Crippen molar-refractivity contribution >= 4 is 16.9 Å². The van der Waals surface area contributed by atoms with E-state index in [1.807, 2.05) is 37.3 Å². The predicted octanol–water partition coefficient (Wildman–Crippen LogP) is 4.11. The molecular weight excluding hydrogens is 240 g/mol. The molecule has 3 nitrogen and oxygen atoms in total. The molecule has 0 fully saturated rings. The molecule has 0 amide bonds. The summed E-state index contributed by atoms with van der Waals surface area (Å²) < 4.78 is 5.75. The molecule has 0 saturated carbocycles. The molecule has 0 aliphatic carbocycles. The highest BCUT2D eigenvalue weighted by Crippen LogP contribution is 2.28. The van der Waals surface area contributed by atoms with Gasteiger partial charge in [0.1, 0.15) is 11.3 Å². The number of rotatable bonds is 2. The zero-order chi connectivity index (χ0) is 13.4. The maximum atomic E-state index is 11.0. The van der Waals surface area contributed by atoms with Crippen LogP contribution in [-0.4, -0.2) is 11.1 Å². The average molecular weight is 252 g/mol. The van der Waals surface area contributed by atoms with Crippen LogP contribution in [0.1, 0.15) is 15.9 Å². The topological polar surface area (TPSA) is 50.4 Å². The third-order valence-corrected chi connectivity index (χ3v) is 3.07. The van der Waals surface area contributed by atoms with Gasteiger partial charge in [0.2, 0.25) is 0 Å². The van der Waals surface area contributed by atoms with Crippen LogP contribution >= 0.6 is 0 Å². The molecule has 0 aliphatic heterocycles. The van der Waals surface area contributed by atoms with Crippen molar-refractivity contribution in [3.63, 3.8) is 0 Å². The van der Waals surface area contributed by atoms with Gasteiger partial charge >= 0.3 is 5.97 Å². The summed E-state index contributed by atoms with van der Waals surface area (Å²) in [6, 6.07) is 14.6. The van der Waals surface area contributed by atoms with E-state index in [-0.39, 0.29) is 5.56 Å². The Labute approximate surface area is 110 Å². The molecule has 1 N–H and O–H groups in total. The number of hydrogen-bond acceptors (Lipinski definition) is 2. The minimum Gasteiger partial charge on any atom is -0.478 e. The summed E-state index contributed by atoms with van der Waals surface area (Å²) in [5.74, 6) is -0.252. The van der Waals surface area contributed by atoms with Gasteiger partial charge in [0, 0.05) is 10.9 Å². The number of aromatic carboxylic acids is 1. The lowest BCUT2D eigenvalue weighted by Gasteiger charge is -1.98. The van der Waals surface area contributed by atoms with Gasteiger partial charge in [0.25, 0.3) is 0 Å². The second kappa shape index (κ2) is 4.28. The van der Waals surface area contributed by atoms with Gasteiger partial charge in [-0.05, 0) is 37.3 Å². The van der Waals surface area contributed by atoms with Crippen LogP contribution in [0.3, 0.4) is 0 Å². The summed E-state index contributed by atoms with van der Waals surface area (Å²) in [4.78, 5) is 11.0. The van der Waals surface area contributed by atoms with Crippen LogP contribution in [-0.2, 0) is 0 Å². The number of fused-ring (bicyclic) bond motifs is 1. The number of furan rings is 1. The van der Waals surface area contributed by atoms with Crippen molar-refractivity contribution in [3.05, 3.63) is 59.7 Å². The Hall–Kier alpha value is -2.55. The van der Waals surface area contributed by atoms with E-state index < -0.39 is 5.97 Å². The molecule has 2 aromatic carbocycles. The van der Waals surface area contributed by atoms with E-state index in [4.69, 9.17) is 9.52 Å². The van der Waals surface area contributed by atoms with E-state index in [1.54, 1.807) is 18.2 Å². The molecular formula is C16H12O3. The van der Waals surface area contributed by atoms with Gasteiger partial charge < -0.3 is 9.52 Å². The second-order valence-corrected chi connectivity index (χ2v) is 4.54. The fraction of sp³-hybridized carbons (Fsp3) is 0.0625. The minimum absolute atomic E-state index is 0.258. The van der Waals surface area contributed by atoms with Crippen molar-refractivity contribution in [1.29, 1.82) is 0 Å². The molecule has 3 rings (SSSR count). The summed E-state index contributed by atoms with van der Waals surface area (Å²) in [6.45, 7) is 2.02. The highest BCUT2D eigenvalue weighted by molar-refractivity contribution is 5.90. The maximum absolute atomic E-state index is 11.0. The third-order valence-electron chi connectivity index (χ3n) is 3.07. The Morgan fingerprint density at radius 2 is 1.95 bits per heavy atom. The van der Waals surface area contributed by atoms with Gasteiger partial charge in [-0.15, -0.1) is 0 Å². The first-order valence-electron chi connectivity index (χ1n) is 5.97. The molecule has 19 heavy (non-hydrogen) atoms. The molecule has 0 aliphatic rings. The predicted molar refractivity (Wildman–Crippen MR) is 73.3 cm³/mol. The Morgan fingerprint density at radius 3 is 2.74 bits per heavy atom. The molecule has 3 aromatic rings. The molecule has 0 spiro atoms. The first-order chi connectivity index (χ1) is 9.13. The molecule has 1 aromatic heterocycles. The molecule has 1 heterocycles. The Balaban J connectivity index is 2.13. The lowest BCUT2D eigenvalue weighted by molar-refractivity contribution is 0.0697. The highest BCUT2D eigenvalue weighted by Gasteiger charge is 2.09. The molecule has 0 unspecified atom stereocenters. The summed E-state index contributed by atoms with van der Waals surface area (Å²) in [5.41, 5.74) is 3.00. The number of carboxylic acids is 1. The molecule has 0 saturated heterocycles.